The predicted molar refractivity (Wildman–Crippen MR) is 107 cm³/mol. The number of fused-ring (bicyclic) bond motifs is 1. The Balaban J connectivity index is 1.75. The van der Waals surface area contributed by atoms with Gasteiger partial charge in [-0.1, -0.05) is 24.3 Å². The summed E-state index contributed by atoms with van der Waals surface area (Å²) in [6, 6.07) is 17.6. The molecule has 1 N–H and O–H groups in total. The largest absolute Gasteiger partial charge is 0.378 e. The number of benzene rings is 2. The van der Waals surface area contributed by atoms with Crippen molar-refractivity contribution in [1.29, 1.82) is 0 Å². The molecule has 1 unspecified atom stereocenters. The molecule has 0 radical (unpaired) electrons. The van der Waals surface area contributed by atoms with Crippen molar-refractivity contribution in [3.63, 3.8) is 0 Å². The van der Waals surface area contributed by atoms with Gasteiger partial charge in [-0.05, 0) is 29.8 Å². The van der Waals surface area contributed by atoms with E-state index in [1.165, 1.54) is 21.0 Å². The lowest BCUT2D eigenvalue weighted by atomic mass is 10.0. The number of hydrogen-bond donors (Lipinski definition) is 1. The van der Waals surface area contributed by atoms with Crippen LogP contribution in [0.4, 0.5) is 5.69 Å². The zero-order chi connectivity index (χ0) is 17.2. The number of thiazole rings is 1. The Hall–Kier alpha value is -1.95. The van der Waals surface area contributed by atoms with Gasteiger partial charge in [-0.2, -0.15) is 0 Å². The molecule has 1 saturated heterocycles. The first-order valence-electron chi connectivity index (χ1n) is 8.80. The highest BCUT2D eigenvalue weighted by Gasteiger charge is 2.26. The minimum atomic E-state index is 0.232. The van der Waals surface area contributed by atoms with Crippen molar-refractivity contribution in [2.45, 2.75) is 6.04 Å². The van der Waals surface area contributed by atoms with Gasteiger partial charge < -0.3 is 10.2 Å². The quantitative estimate of drug-likeness (QED) is 0.780. The van der Waals surface area contributed by atoms with Gasteiger partial charge >= 0.3 is 0 Å². The number of aromatic nitrogens is 1. The van der Waals surface area contributed by atoms with Crippen LogP contribution in [0.15, 0.2) is 48.5 Å². The Morgan fingerprint density at radius 1 is 1.04 bits per heavy atom. The SMILES string of the molecule is CN(C)c1ccc(C(c2nc3ccccc3s2)N2CCNCC2)cc1. The van der Waals surface area contributed by atoms with Crippen molar-refractivity contribution in [3.05, 3.63) is 59.1 Å². The minimum absolute atomic E-state index is 0.232. The van der Waals surface area contributed by atoms with Crippen LogP contribution >= 0.6 is 11.3 Å². The van der Waals surface area contributed by atoms with Crippen LogP contribution in [0.2, 0.25) is 0 Å². The van der Waals surface area contributed by atoms with Crippen molar-refractivity contribution < 1.29 is 0 Å². The van der Waals surface area contributed by atoms with Crippen LogP contribution in [0.5, 0.6) is 0 Å². The van der Waals surface area contributed by atoms with Crippen LogP contribution in [0, 0.1) is 0 Å². The number of piperazine rings is 1. The second-order valence-corrected chi connectivity index (χ2v) is 7.76. The van der Waals surface area contributed by atoms with E-state index < -0.39 is 0 Å². The van der Waals surface area contributed by atoms with Gasteiger partial charge in [0.1, 0.15) is 5.01 Å². The summed E-state index contributed by atoms with van der Waals surface area (Å²) < 4.78 is 1.27. The Labute approximate surface area is 153 Å². The van der Waals surface area contributed by atoms with Gasteiger partial charge in [-0.15, -0.1) is 11.3 Å². The molecule has 1 fully saturated rings. The predicted octanol–water partition coefficient (Wildman–Crippen LogP) is 3.36. The normalized spacial score (nSPS) is 16.9. The van der Waals surface area contributed by atoms with Gasteiger partial charge in [0.25, 0.3) is 0 Å². The van der Waals surface area contributed by atoms with Crippen LogP contribution < -0.4 is 10.2 Å². The molecule has 0 spiro atoms. The summed E-state index contributed by atoms with van der Waals surface area (Å²) in [7, 11) is 4.16. The number of anilines is 1. The number of rotatable bonds is 4. The average Bonchev–Trinajstić information content (AvgIpc) is 3.07. The highest BCUT2D eigenvalue weighted by atomic mass is 32.1. The van der Waals surface area contributed by atoms with Gasteiger partial charge in [-0.3, -0.25) is 4.90 Å². The van der Waals surface area contributed by atoms with E-state index >= 15 is 0 Å². The summed E-state index contributed by atoms with van der Waals surface area (Å²) in [5, 5.41) is 4.65. The summed E-state index contributed by atoms with van der Waals surface area (Å²) in [6.07, 6.45) is 0. The first-order valence-corrected chi connectivity index (χ1v) is 9.61. The van der Waals surface area contributed by atoms with E-state index in [4.69, 9.17) is 4.98 Å². The maximum absolute atomic E-state index is 4.97. The molecule has 4 nitrogen and oxygen atoms in total. The topological polar surface area (TPSA) is 31.4 Å². The standard InChI is InChI=1S/C20H24N4S/c1-23(2)16-9-7-15(8-10-16)19(24-13-11-21-12-14-24)20-22-17-5-3-4-6-18(17)25-20/h3-10,19,21H,11-14H2,1-2H3. The van der Waals surface area contributed by atoms with E-state index in [9.17, 15) is 0 Å². The van der Waals surface area contributed by atoms with Crippen molar-refractivity contribution in [3.8, 4) is 0 Å². The lowest BCUT2D eigenvalue weighted by Gasteiger charge is -2.34. The van der Waals surface area contributed by atoms with Crippen LogP contribution in [0.25, 0.3) is 10.2 Å². The third-order valence-electron chi connectivity index (χ3n) is 4.79. The molecule has 0 amide bonds. The third-order valence-corrected chi connectivity index (χ3v) is 5.88. The number of para-hydroxylation sites is 1. The third kappa shape index (κ3) is 3.40. The molecule has 1 atom stereocenters. The van der Waals surface area contributed by atoms with Gasteiger partial charge in [-0.25, -0.2) is 4.98 Å². The Morgan fingerprint density at radius 2 is 1.76 bits per heavy atom. The molecule has 2 aromatic carbocycles. The molecule has 3 aromatic rings. The average molecular weight is 353 g/mol. The van der Waals surface area contributed by atoms with Crippen LogP contribution in [-0.4, -0.2) is 50.2 Å². The molecule has 25 heavy (non-hydrogen) atoms. The fourth-order valence-electron chi connectivity index (χ4n) is 3.41. The Morgan fingerprint density at radius 3 is 2.44 bits per heavy atom. The number of nitrogens with zero attached hydrogens (tertiary/aromatic N) is 3. The van der Waals surface area contributed by atoms with Crippen molar-refractivity contribution >= 4 is 27.2 Å². The molecular weight excluding hydrogens is 328 g/mol. The van der Waals surface area contributed by atoms with E-state index in [0.29, 0.717) is 0 Å². The number of hydrogen-bond acceptors (Lipinski definition) is 5. The minimum Gasteiger partial charge on any atom is -0.378 e. The molecule has 130 valence electrons. The van der Waals surface area contributed by atoms with Crippen molar-refractivity contribution in [2.75, 3.05) is 45.2 Å². The molecule has 0 bridgehead atoms. The highest BCUT2D eigenvalue weighted by molar-refractivity contribution is 7.18. The molecule has 1 aliphatic heterocycles. The van der Waals surface area contributed by atoms with Crippen LogP contribution in [-0.2, 0) is 0 Å². The molecule has 0 aliphatic carbocycles. The first-order chi connectivity index (χ1) is 12.2. The maximum atomic E-state index is 4.97. The monoisotopic (exact) mass is 352 g/mol. The second kappa shape index (κ2) is 7.12. The summed E-state index contributed by atoms with van der Waals surface area (Å²) in [5.41, 5.74) is 3.66. The van der Waals surface area contributed by atoms with E-state index in [2.05, 4.69) is 77.7 Å². The number of nitrogens with one attached hydrogen (secondary N) is 1. The molecule has 1 aromatic heterocycles. The highest BCUT2D eigenvalue weighted by Crippen LogP contribution is 2.35. The molecule has 1 aliphatic rings. The summed E-state index contributed by atoms with van der Waals surface area (Å²) in [6.45, 7) is 4.18. The smallest absolute Gasteiger partial charge is 0.116 e. The molecule has 0 saturated carbocycles. The molecule has 2 heterocycles. The zero-order valence-corrected chi connectivity index (χ0v) is 15.6. The van der Waals surface area contributed by atoms with Crippen molar-refractivity contribution in [2.24, 2.45) is 0 Å². The van der Waals surface area contributed by atoms with Gasteiger partial charge in [0.2, 0.25) is 0 Å². The van der Waals surface area contributed by atoms with E-state index in [1.807, 2.05) is 11.3 Å². The van der Waals surface area contributed by atoms with E-state index in [0.717, 1.165) is 31.7 Å². The maximum Gasteiger partial charge on any atom is 0.116 e. The fraction of sp³-hybridized carbons (Fsp3) is 0.350. The van der Waals surface area contributed by atoms with Gasteiger partial charge in [0.05, 0.1) is 16.3 Å². The van der Waals surface area contributed by atoms with Crippen LogP contribution in [0.3, 0.4) is 0 Å². The Kier molecular flexibility index (Phi) is 4.70. The van der Waals surface area contributed by atoms with Crippen molar-refractivity contribution in [1.82, 2.24) is 15.2 Å². The lowest BCUT2D eigenvalue weighted by molar-refractivity contribution is 0.198. The summed E-state index contributed by atoms with van der Waals surface area (Å²) in [4.78, 5) is 9.66. The second-order valence-electron chi connectivity index (χ2n) is 6.69. The first kappa shape index (κ1) is 16.5. The molecule has 4 rings (SSSR count). The van der Waals surface area contributed by atoms with Gasteiger partial charge in [0, 0.05) is 46.0 Å². The zero-order valence-electron chi connectivity index (χ0n) is 14.8. The Bertz CT molecular complexity index is 801. The van der Waals surface area contributed by atoms with Gasteiger partial charge in [0.15, 0.2) is 0 Å². The molecule has 5 heteroatoms. The summed E-state index contributed by atoms with van der Waals surface area (Å²) in [5.74, 6) is 0. The fourth-order valence-corrected chi connectivity index (χ4v) is 4.54. The lowest BCUT2D eigenvalue weighted by Crippen LogP contribution is -2.45. The van der Waals surface area contributed by atoms with E-state index in [1.54, 1.807) is 0 Å². The summed E-state index contributed by atoms with van der Waals surface area (Å²) >= 11 is 1.82. The van der Waals surface area contributed by atoms with E-state index in [-0.39, 0.29) is 6.04 Å². The van der Waals surface area contributed by atoms with Crippen LogP contribution in [0.1, 0.15) is 16.6 Å². The molecular formula is C20H24N4S.